The molecular formula is C23H39Br3O6. The van der Waals surface area contributed by atoms with E-state index in [-0.39, 0.29) is 46.9 Å². The van der Waals surface area contributed by atoms with Gasteiger partial charge in [0.25, 0.3) is 0 Å². The van der Waals surface area contributed by atoms with Crippen LogP contribution in [0.5, 0.6) is 0 Å². The fourth-order valence-electron chi connectivity index (χ4n) is 4.33. The number of ether oxygens (including phenoxy) is 1. The summed E-state index contributed by atoms with van der Waals surface area (Å²) < 4.78 is 5.60. The average molecular weight is 651 g/mol. The standard InChI is InChI=1S/C23H39Br3O6/c1-4-16(10-7-8-12-18(27)28)20(25)23(14-15-24,22(31)32-6-3)21(26)17(5-2)11-9-13-19(29)30/h16-17,20-21H,4-15H2,1-3H3,(H,27,28)(H,29,30). The molecule has 0 aromatic rings. The van der Waals surface area contributed by atoms with Crippen LogP contribution in [0.25, 0.3) is 0 Å². The van der Waals surface area contributed by atoms with Gasteiger partial charge in [0.15, 0.2) is 0 Å². The molecule has 0 saturated heterocycles. The van der Waals surface area contributed by atoms with Gasteiger partial charge < -0.3 is 14.9 Å². The zero-order valence-electron chi connectivity index (χ0n) is 19.5. The second-order valence-electron chi connectivity index (χ2n) is 8.27. The molecule has 0 aromatic heterocycles. The van der Waals surface area contributed by atoms with Crippen LogP contribution in [-0.2, 0) is 19.1 Å². The van der Waals surface area contributed by atoms with E-state index >= 15 is 0 Å². The number of carboxylic acid groups (broad SMARTS) is 2. The molecule has 0 aliphatic heterocycles. The summed E-state index contributed by atoms with van der Waals surface area (Å²) in [5.74, 6) is -1.56. The molecule has 0 spiro atoms. The summed E-state index contributed by atoms with van der Waals surface area (Å²) in [5.41, 5.74) is -0.836. The van der Waals surface area contributed by atoms with E-state index in [0.29, 0.717) is 31.0 Å². The van der Waals surface area contributed by atoms with Gasteiger partial charge in [-0.1, -0.05) is 80.9 Å². The lowest BCUT2D eigenvalue weighted by Crippen LogP contribution is -2.53. The van der Waals surface area contributed by atoms with E-state index in [0.717, 1.165) is 25.7 Å². The van der Waals surface area contributed by atoms with Gasteiger partial charge in [0, 0.05) is 27.8 Å². The lowest BCUT2D eigenvalue weighted by Gasteiger charge is -2.45. The lowest BCUT2D eigenvalue weighted by molar-refractivity contribution is -0.157. The van der Waals surface area contributed by atoms with Crippen molar-refractivity contribution in [1.82, 2.24) is 0 Å². The molecule has 0 rings (SSSR count). The molecular weight excluding hydrogens is 612 g/mol. The molecule has 0 fully saturated rings. The Kier molecular flexibility index (Phi) is 17.2. The van der Waals surface area contributed by atoms with Crippen molar-refractivity contribution in [2.45, 2.75) is 94.6 Å². The Morgan fingerprint density at radius 2 is 1.31 bits per heavy atom. The molecule has 2 N–H and O–H groups in total. The van der Waals surface area contributed by atoms with Crippen LogP contribution in [0.4, 0.5) is 0 Å². The van der Waals surface area contributed by atoms with Gasteiger partial charge in [-0.3, -0.25) is 14.4 Å². The first kappa shape index (κ1) is 31.9. The smallest absolute Gasteiger partial charge is 0.314 e. The van der Waals surface area contributed by atoms with Crippen LogP contribution in [0.1, 0.15) is 85.0 Å². The zero-order valence-corrected chi connectivity index (χ0v) is 24.2. The maximum atomic E-state index is 13.5. The van der Waals surface area contributed by atoms with Crippen LogP contribution < -0.4 is 0 Å². The van der Waals surface area contributed by atoms with Crippen LogP contribution in [0.3, 0.4) is 0 Å². The molecule has 5 atom stereocenters. The summed E-state index contributed by atoms with van der Waals surface area (Å²) in [4.78, 5) is 35.0. The molecule has 0 aliphatic rings. The van der Waals surface area contributed by atoms with Gasteiger partial charge >= 0.3 is 17.9 Å². The van der Waals surface area contributed by atoms with Crippen molar-refractivity contribution in [3.05, 3.63) is 0 Å². The molecule has 9 heteroatoms. The zero-order chi connectivity index (χ0) is 24.7. The number of rotatable bonds is 19. The molecule has 0 heterocycles. The minimum absolute atomic E-state index is 0.111. The first-order valence-electron chi connectivity index (χ1n) is 11.6. The predicted molar refractivity (Wildman–Crippen MR) is 138 cm³/mol. The van der Waals surface area contributed by atoms with Gasteiger partial charge in [0.05, 0.1) is 12.0 Å². The number of hydrogen-bond acceptors (Lipinski definition) is 4. The van der Waals surface area contributed by atoms with Crippen LogP contribution in [0, 0.1) is 17.3 Å². The quantitative estimate of drug-likeness (QED) is 0.0906. The van der Waals surface area contributed by atoms with E-state index < -0.39 is 17.4 Å². The Bertz CT molecular complexity index is 574. The highest BCUT2D eigenvalue weighted by Crippen LogP contribution is 2.50. The van der Waals surface area contributed by atoms with Crippen LogP contribution in [0.15, 0.2) is 0 Å². The molecule has 6 nitrogen and oxygen atoms in total. The van der Waals surface area contributed by atoms with Gasteiger partial charge in [-0.05, 0) is 50.9 Å². The van der Waals surface area contributed by atoms with Crippen molar-refractivity contribution < 1.29 is 29.3 Å². The highest BCUT2D eigenvalue weighted by molar-refractivity contribution is 9.10. The van der Waals surface area contributed by atoms with Gasteiger partial charge in [0.1, 0.15) is 0 Å². The summed E-state index contributed by atoms with van der Waals surface area (Å²) in [7, 11) is 0. The van der Waals surface area contributed by atoms with Crippen LogP contribution >= 0.6 is 47.8 Å². The first-order chi connectivity index (χ1) is 15.1. The van der Waals surface area contributed by atoms with Gasteiger partial charge in [0.2, 0.25) is 0 Å². The molecule has 0 saturated carbocycles. The largest absolute Gasteiger partial charge is 0.481 e. The molecule has 32 heavy (non-hydrogen) atoms. The van der Waals surface area contributed by atoms with Crippen molar-refractivity contribution in [2.75, 3.05) is 11.9 Å². The first-order valence-corrected chi connectivity index (χ1v) is 14.5. The minimum atomic E-state index is -0.836. The number of halogens is 3. The predicted octanol–water partition coefficient (Wildman–Crippen LogP) is 6.80. The number of unbranched alkanes of at least 4 members (excludes halogenated alkanes) is 1. The monoisotopic (exact) mass is 648 g/mol. The molecule has 0 amide bonds. The van der Waals surface area contributed by atoms with Gasteiger partial charge in [-0.2, -0.15) is 0 Å². The normalized spacial score (nSPS) is 17.1. The van der Waals surface area contributed by atoms with E-state index in [4.69, 9.17) is 14.9 Å². The fraction of sp³-hybridized carbons (Fsp3) is 0.870. The van der Waals surface area contributed by atoms with Crippen molar-refractivity contribution in [2.24, 2.45) is 17.3 Å². The van der Waals surface area contributed by atoms with E-state index in [2.05, 4.69) is 61.6 Å². The third-order valence-electron chi connectivity index (χ3n) is 6.21. The summed E-state index contributed by atoms with van der Waals surface area (Å²) in [6, 6.07) is 0. The molecule has 0 aliphatic carbocycles. The Balaban J connectivity index is 5.92. The molecule has 0 aromatic carbocycles. The number of carbonyl (C=O) groups is 3. The summed E-state index contributed by atoms with van der Waals surface area (Å²) >= 11 is 11.3. The average Bonchev–Trinajstić information content (AvgIpc) is 2.74. The Hall–Kier alpha value is -0.150. The Labute approximate surface area is 218 Å². The van der Waals surface area contributed by atoms with Crippen LogP contribution in [-0.4, -0.2) is 49.7 Å². The topological polar surface area (TPSA) is 101 Å². The lowest BCUT2D eigenvalue weighted by atomic mass is 9.68. The third kappa shape index (κ3) is 10.00. The number of carboxylic acids is 2. The highest BCUT2D eigenvalue weighted by atomic mass is 79.9. The molecule has 0 bridgehead atoms. The summed E-state index contributed by atoms with van der Waals surface area (Å²) in [5, 5.41) is 18.6. The van der Waals surface area contributed by atoms with E-state index in [9.17, 15) is 14.4 Å². The number of carbonyl (C=O) groups excluding carboxylic acids is 1. The maximum absolute atomic E-state index is 13.5. The number of aliphatic carboxylic acids is 2. The Morgan fingerprint density at radius 1 is 0.844 bits per heavy atom. The second-order valence-corrected chi connectivity index (χ2v) is 11.0. The number of esters is 1. The fourth-order valence-corrected chi connectivity index (χ4v) is 8.02. The van der Waals surface area contributed by atoms with Crippen molar-refractivity contribution in [3.63, 3.8) is 0 Å². The second kappa shape index (κ2) is 17.3. The van der Waals surface area contributed by atoms with E-state index in [1.807, 2.05) is 0 Å². The molecule has 188 valence electrons. The Morgan fingerprint density at radius 3 is 1.72 bits per heavy atom. The van der Waals surface area contributed by atoms with E-state index in [1.165, 1.54) is 0 Å². The van der Waals surface area contributed by atoms with Crippen LogP contribution in [0.2, 0.25) is 0 Å². The van der Waals surface area contributed by atoms with Crippen molar-refractivity contribution >= 4 is 65.7 Å². The molecule has 5 unspecified atom stereocenters. The van der Waals surface area contributed by atoms with Gasteiger partial charge in [-0.25, -0.2) is 0 Å². The van der Waals surface area contributed by atoms with Crippen molar-refractivity contribution in [3.8, 4) is 0 Å². The highest BCUT2D eigenvalue weighted by Gasteiger charge is 2.54. The minimum Gasteiger partial charge on any atom is -0.481 e. The SMILES string of the molecule is CCOC(=O)C(CCBr)(C(Br)C(CC)CCCCC(=O)O)C(Br)C(CC)CCCC(=O)O. The third-order valence-corrected chi connectivity index (χ3v) is 9.73. The summed E-state index contributed by atoms with van der Waals surface area (Å²) in [6.45, 7) is 6.24. The van der Waals surface area contributed by atoms with Crippen molar-refractivity contribution in [1.29, 1.82) is 0 Å². The number of hydrogen-bond donors (Lipinski definition) is 2. The summed E-state index contributed by atoms with van der Waals surface area (Å²) in [6.07, 6.45) is 5.97. The van der Waals surface area contributed by atoms with E-state index in [1.54, 1.807) is 6.92 Å². The number of alkyl halides is 3. The maximum Gasteiger partial charge on any atom is 0.314 e. The molecule has 0 radical (unpaired) electrons. The van der Waals surface area contributed by atoms with Gasteiger partial charge in [-0.15, -0.1) is 0 Å².